The molecule has 7 aromatic carbocycles. The van der Waals surface area contributed by atoms with Crippen molar-refractivity contribution in [3.8, 4) is 22.3 Å². The summed E-state index contributed by atoms with van der Waals surface area (Å²) in [6.45, 7) is 0. The summed E-state index contributed by atoms with van der Waals surface area (Å²) in [6, 6.07) is 55.3. The van der Waals surface area contributed by atoms with Crippen LogP contribution in [0.25, 0.3) is 70.2 Å². The van der Waals surface area contributed by atoms with Crippen LogP contribution in [0.1, 0.15) is 17.7 Å². The van der Waals surface area contributed by atoms with Crippen molar-refractivity contribution in [3.05, 3.63) is 169 Å². The van der Waals surface area contributed by atoms with Gasteiger partial charge >= 0.3 is 0 Å². The zero-order valence-electron chi connectivity index (χ0n) is 26.8. The van der Waals surface area contributed by atoms with Gasteiger partial charge in [0.25, 0.3) is 0 Å². The number of nitrogens with zero attached hydrogens (tertiary/aromatic N) is 1. The first-order valence-corrected chi connectivity index (χ1v) is 17.7. The summed E-state index contributed by atoms with van der Waals surface area (Å²) in [4.78, 5) is 2.35. The summed E-state index contributed by atoms with van der Waals surface area (Å²) in [6.07, 6.45) is 6.43. The van der Waals surface area contributed by atoms with E-state index in [4.69, 9.17) is 4.42 Å². The average molecular weight is 646 g/mol. The standard InChI is InChI=1S/C46H31NOS/c1-2-13-37-30(9-1)10-8-16-38(37)31-19-22-34(23-20-31)47(36-24-25-40-39-14-3-5-17-43(39)48-44(40)29-36)35-12-7-11-32(27-35)33-21-26-46-42(28-33)41-15-4-6-18-45(41)49-46/h1-4,6-16,18-29H,5,17H2. The molecule has 0 amide bonds. The largest absolute Gasteiger partial charge is 0.460 e. The number of hydrogen-bond acceptors (Lipinski definition) is 3. The Hall–Kier alpha value is -5.90. The molecule has 1 aliphatic carbocycles. The summed E-state index contributed by atoms with van der Waals surface area (Å²) in [7, 11) is 0. The molecule has 0 saturated carbocycles. The Labute approximate surface area is 288 Å². The number of hydrogen-bond donors (Lipinski definition) is 0. The molecule has 10 rings (SSSR count). The van der Waals surface area contributed by atoms with Gasteiger partial charge in [0.2, 0.25) is 0 Å². The molecule has 0 bridgehead atoms. The van der Waals surface area contributed by atoms with Crippen molar-refractivity contribution in [3.63, 3.8) is 0 Å². The van der Waals surface area contributed by atoms with E-state index in [0.29, 0.717) is 0 Å². The lowest BCUT2D eigenvalue weighted by Crippen LogP contribution is -2.10. The Morgan fingerprint density at radius 3 is 2.18 bits per heavy atom. The van der Waals surface area contributed by atoms with Crippen LogP contribution in [-0.4, -0.2) is 0 Å². The van der Waals surface area contributed by atoms with Crippen LogP contribution in [0.3, 0.4) is 0 Å². The van der Waals surface area contributed by atoms with Gasteiger partial charge in [-0.25, -0.2) is 0 Å². The van der Waals surface area contributed by atoms with Crippen molar-refractivity contribution in [2.75, 3.05) is 4.90 Å². The molecular formula is C46H31NOS. The monoisotopic (exact) mass is 645 g/mol. The minimum atomic E-state index is 0.928. The molecule has 0 radical (unpaired) electrons. The number of thiophene rings is 1. The summed E-state index contributed by atoms with van der Waals surface area (Å²) in [5.41, 5.74) is 10.2. The maximum Gasteiger partial charge on any atom is 0.137 e. The molecule has 0 fully saturated rings. The number of allylic oxidation sites excluding steroid dienone is 1. The van der Waals surface area contributed by atoms with Crippen molar-refractivity contribution in [2.24, 2.45) is 0 Å². The predicted molar refractivity (Wildman–Crippen MR) is 210 cm³/mol. The second-order valence-corrected chi connectivity index (χ2v) is 13.9. The molecule has 0 unspecified atom stereocenters. The van der Waals surface area contributed by atoms with Gasteiger partial charge in [-0.1, -0.05) is 103 Å². The lowest BCUT2D eigenvalue weighted by Gasteiger charge is -2.26. The van der Waals surface area contributed by atoms with Crippen molar-refractivity contribution in [1.29, 1.82) is 0 Å². The highest BCUT2D eigenvalue weighted by Crippen LogP contribution is 2.42. The fourth-order valence-electron chi connectivity index (χ4n) is 7.52. The molecule has 3 heteroatoms. The summed E-state index contributed by atoms with van der Waals surface area (Å²) in [5, 5.41) is 6.31. The molecule has 9 aromatic rings. The first-order chi connectivity index (χ1) is 24.3. The molecule has 2 aromatic heterocycles. The van der Waals surface area contributed by atoms with E-state index in [9.17, 15) is 0 Å². The van der Waals surface area contributed by atoms with E-state index in [1.54, 1.807) is 0 Å². The van der Waals surface area contributed by atoms with E-state index in [-0.39, 0.29) is 0 Å². The quantitative estimate of drug-likeness (QED) is 0.185. The van der Waals surface area contributed by atoms with Crippen LogP contribution in [0.15, 0.2) is 162 Å². The van der Waals surface area contributed by atoms with Crippen LogP contribution in [0.4, 0.5) is 17.1 Å². The predicted octanol–water partition coefficient (Wildman–Crippen LogP) is 13.7. The SMILES string of the molecule is C1=Cc2c(oc3cc(N(c4ccc(-c5cccc6ccccc56)cc4)c4cccc(-c5ccc6sc7ccccc7c6c5)c4)ccc23)CC1. The van der Waals surface area contributed by atoms with Gasteiger partial charge in [-0.15, -0.1) is 11.3 Å². The molecule has 0 spiro atoms. The van der Waals surface area contributed by atoms with Gasteiger partial charge < -0.3 is 9.32 Å². The lowest BCUT2D eigenvalue weighted by atomic mass is 9.98. The Morgan fingerprint density at radius 1 is 0.510 bits per heavy atom. The third-order valence-corrected chi connectivity index (χ3v) is 11.1. The third-order valence-electron chi connectivity index (χ3n) is 9.91. The van der Waals surface area contributed by atoms with Crippen LogP contribution in [0.2, 0.25) is 0 Å². The zero-order valence-corrected chi connectivity index (χ0v) is 27.6. The van der Waals surface area contributed by atoms with E-state index in [0.717, 1.165) is 41.2 Å². The third kappa shape index (κ3) is 4.77. The Bertz CT molecular complexity index is 2720. The Kier molecular flexibility index (Phi) is 6.53. The number of fused-ring (bicyclic) bond motifs is 7. The fourth-order valence-corrected chi connectivity index (χ4v) is 8.61. The minimum absolute atomic E-state index is 0.928. The fraction of sp³-hybridized carbons (Fsp3) is 0.0435. The molecule has 2 heterocycles. The Balaban J connectivity index is 1.11. The molecule has 2 nitrogen and oxygen atoms in total. The molecule has 0 N–H and O–H groups in total. The lowest BCUT2D eigenvalue weighted by molar-refractivity contribution is 0.546. The number of aryl methyl sites for hydroxylation is 1. The first kappa shape index (κ1) is 28.1. The number of anilines is 3. The maximum absolute atomic E-state index is 6.46. The first-order valence-electron chi connectivity index (χ1n) is 16.9. The van der Waals surface area contributed by atoms with Crippen LogP contribution in [0.5, 0.6) is 0 Å². The number of benzene rings is 7. The van der Waals surface area contributed by atoms with Gasteiger partial charge in [0.1, 0.15) is 11.3 Å². The molecule has 0 aliphatic heterocycles. The normalized spacial score (nSPS) is 12.7. The van der Waals surface area contributed by atoms with Gasteiger partial charge in [-0.05, 0) is 94.0 Å². The topological polar surface area (TPSA) is 16.4 Å². The van der Waals surface area contributed by atoms with Gasteiger partial charge in [-0.2, -0.15) is 0 Å². The summed E-state index contributed by atoms with van der Waals surface area (Å²) >= 11 is 1.86. The van der Waals surface area contributed by atoms with Crippen molar-refractivity contribution >= 4 is 76.4 Å². The molecule has 232 valence electrons. The van der Waals surface area contributed by atoms with Crippen LogP contribution in [0, 0.1) is 0 Å². The van der Waals surface area contributed by atoms with Crippen molar-refractivity contribution in [2.45, 2.75) is 12.8 Å². The van der Waals surface area contributed by atoms with E-state index in [1.807, 2.05) is 11.3 Å². The summed E-state index contributed by atoms with van der Waals surface area (Å²) < 4.78 is 9.10. The van der Waals surface area contributed by atoms with E-state index in [1.165, 1.54) is 64.1 Å². The maximum atomic E-state index is 6.46. The van der Waals surface area contributed by atoms with Crippen LogP contribution < -0.4 is 4.90 Å². The molecular weight excluding hydrogens is 615 g/mol. The molecule has 0 saturated heterocycles. The smallest absolute Gasteiger partial charge is 0.137 e. The zero-order chi connectivity index (χ0) is 32.3. The van der Waals surface area contributed by atoms with Crippen molar-refractivity contribution in [1.82, 2.24) is 0 Å². The summed E-state index contributed by atoms with van der Waals surface area (Å²) in [5.74, 6) is 1.08. The van der Waals surface area contributed by atoms with Gasteiger partial charge in [0.05, 0.1) is 0 Å². The van der Waals surface area contributed by atoms with E-state index < -0.39 is 0 Å². The van der Waals surface area contributed by atoms with Crippen LogP contribution in [-0.2, 0) is 6.42 Å². The second kappa shape index (κ2) is 11.4. The van der Waals surface area contributed by atoms with Gasteiger partial charge in [-0.3, -0.25) is 0 Å². The highest BCUT2D eigenvalue weighted by Gasteiger charge is 2.19. The second-order valence-electron chi connectivity index (χ2n) is 12.8. The highest BCUT2D eigenvalue weighted by atomic mass is 32.1. The molecule has 49 heavy (non-hydrogen) atoms. The van der Waals surface area contributed by atoms with Gasteiger partial charge in [0.15, 0.2) is 0 Å². The minimum Gasteiger partial charge on any atom is -0.460 e. The highest BCUT2D eigenvalue weighted by molar-refractivity contribution is 7.25. The average Bonchev–Trinajstić information content (AvgIpc) is 3.73. The van der Waals surface area contributed by atoms with Gasteiger partial charge in [0, 0.05) is 60.7 Å². The van der Waals surface area contributed by atoms with Crippen LogP contribution >= 0.6 is 11.3 Å². The van der Waals surface area contributed by atoms with E-state index >= 15 is 0 Å². The number of rotatable bonds is 5. The number of furan rings is 1. The molecule has 1 aliphatic rings. The van der Waals surface area contributed by atoms with E-state index in [2.05, 4.69) is 169 Å². The van der Waals surface area contributed by atoms with Crippen molar-refractivity contribution < 1.29 is 4.42 Å². The Morgan fingerprint density at radius 2 is 1.24 bits per heavy atom. The molecule has 0 atom stereocenters.